The normalized spacial score (nSPS) is 17.4. The van der Waals surface area contributed by atoms with Gasteiger partial charge in [0.2, 0.25) is 0 Å². The van der Waals surface area contributed by atoms with E-state index in [0.717, 1.165) is 36.3 Å². The van der Waals surface area contributed by atoms with Gasteiger partial charge in [-0.25, -0.2) is 0 Å². The first kappa shape index (κ1) is 16.6. The Labute approximate surface area is 152 Å². The number of rotatable bonds is 4. The first-order chi connectivity index (χ1) is 12.8. The smallest absolute Gasteiger partial charge is 0.272 e. The van der Waals surface area contributed by atoms with E-state index >= 15 is 0 Å². The summed E-state index contributed by atoms with van der Waals surface area (Å²) in [6.45, 7) is 4.21. The van der Waals surface area contributed by atoms with Crippen LogP contribution in [-0.4, -0.2) is 43.9 Å². The molecule has 1 N–H and O–H groups in total. The van der Waals surface area contributed by atoms with Crippen LogP contribution in [-0.2, 0) is 6.54 Å². The van der Waals surface area contributed by atoms with Gasteiger partial charge in [-0.15, -0.1) is 0 Å². The van der Waals surface area contributed by atoms with Crippen LogP contribution >= 0.6 is 0 Å². The minimum Gasteiger partial charge on any atom is -0.337 e. The fourth-order valence-electron chi connectivity index (χ4n) is 3.65. The van der Waals surface area contributed by atoms with Gasteiger partial charge in [0.25, 0.3) is 5.91 Å². The maximum Gasteiger partial charge on any atom is 0.272 e. The van der Waals surface area contributed by atoms with E-state index in [0.29, 0.717) is 18.8 Å². The summed E-state index contributed by atoms with van der Waals surface area (Å²) in [5.74, 6) is 0.354. The summed E-state index contributed by atoms with van der Waals surface area (Å²) in [6, 6.07) is 14.1. The maximum atomic E-state index is 12.9. The number of nitrogens with one attached hydrogen (secondary N) is 1. The molecule has 1 fully saturated rings. The van der Waals surface area contributed by atoms with Gasteiger partial charge in [-0.2, -0.15) is 10.2 Å². The second kappa shape index (κ2) is 7.15. The van der Waals surface area contributed by atoms with Crippen molar-refractivity contribution in [3.8, 4) is 11.3 Å². The zero-order valence-corrected chi connectivity index (χ0v) is 14.9. The van der Waals surface area contributed by atoms with Crippen LogP contribution in [0, 0.1) is 0 Å². The number of aryl methyl sites for hydroxylation is 1. The van der Waals surface area contributed by atoms with Crippen LogP contribution in [0.25, 0.3) is 11.3 Å². The summed E-state index contributed by atoms with van der Waals surface area (Å²) < 4.78 is 1.76. The average Bonchev–Trinajstić information content (AvgIpc) is 3.37. The van der Waals surface area contributed by atoms with Gasteiger partial charge in [0.05, 0.1) is 5.69 Å². The number of amides is 1. The maximum absolute atomic E-state index is 12.9. The van der Waals surface area contributed by atoms with Crippen LogP contribution in [0.3, 0.4) is 0 Å². The predicted molar refractivity (Wildman–Crippen MR) is 99.8 cm³/mol. The molecule has 0 bridgehead atoms. The molecule has 1 aliphatic rings. The molecule has 1 amide bonds. The van der Waals surface area contributed by atoms with Gasteiger partial charge in [-0.05, 0) is 31.9 Å². The first-order valence-electron chi connectivity index (χ1n) is 9.18. The highest BCUT2D eigenvalue weighted by Gasteiger charge is 2.28. The Hall–Kier alpha value is -2.89. The summed E-state index contributed by atoms with van der Waals surface area (Å²) >= 11 is 0. The van der Waals surface area contributed by atoms with Crippen molar-refractivity contribution >= 4 is 5.91 Å². The van der Waals surface area contributed by atoms with E-state index in [1.807, 2.05) is 30.0 Å². The molecule has 0 aliphatic carbocycles. The predicted octanol–water partition coefficient (Wildman–Crippen LogP) is 3.31. The molecule has 6 heteroatoms. The van der Waals surface area contributed by atoms with Crippen molar-refractivity contribution < 1.29 is 4.79 Å². The van der Waals surface area contributed by atoms with Gasteiger partial charge >= 0.3 is 0 Å². The largest absolute Gasteiger partial charge is 0.337 e. The Balaban J connectivity index is 1.51. The van der Waals surface area contributed by atoms with Gasteiger partial charge in [-0.3, -0.25) is 14.6 Å². The molecule has 0 spiro atoms. The minimum atomic E-state index is 0.0665. The molecule has 26 heavy (non-hydrogen) atoms. The van der Waals surface area contributed by atoms with Crippen LogP contribution in [0.2, 0.25) is 0 Å². The molecular weight excluding hydrogens is 326 g/mol. The fourth-order valence-corrected chi connectivity index (χ4v) is 3.65. The Morgan fingerprint density at radius 1 is 1.27 bits per heavy atom. The highest BCUT2D eigenvalue weighted by Crippen LogP contribution is 2.29. The summed E-state index contributed by atoms with van der Waals surface area (Å²) in [4.78, 5) is 14.8. The molecule has 6 nitrogen and oxygen atoms in total. The lowest BCUT2D eigenvalue weighted by Crippen LogP contribution is -2.40. The van der Waals surface area contributed by atoms with Crippen molar-refractivity contribution in [3.05, 3.63) is 60.0 Å². The lowest BCUT2D eigenvalue weighted by molar-refractivity contribution is 0.0693. The van der Waals surface area contributed by atoms with Crippen LogP contribution in [0.15, 0.2) is 48.7 Å². The molecule has 2 aromatic heterocycles. The van der Waals surface area contributed by atoms with Gasteiger partial charge in [0.1, 0.15) is 5.69 Å². The van der Waals surface area contributed by atoms with Crippen molar-refractivity contribution in [1.82, 2.24) is 24.9 Å². The van der Waals surface area contributed by atoms with Crippen molar-refractivity contribution in [1.29, 1.82) is 0 Å². The van der Waals surface area contributed by atoms with E-state index < -0.39 is 0 Å². The summed E-state index contributed by atoms with van der Waals surface area (Å²) in [7, 11) is 0. The second-order valence-corrected chi connectivity index (χ2v) is 6.70. The van der Waals surface area contributed by atoms with Gasteiger partial charge in [0, 0.05) is 43.0 Å². The molecular formula is C20H23N5O. The van der Waals surface area contributed by atoms with Crippen LogP contribution in [0.4, 0.5) is 0 Å². The standard InChI is InChI=1S/C20H23N5O/c1-2-25-19(10-11-21-25)20(26)24-12-6-9-16(14-24)18-13-17(22-23-18)15-7-4-3-5-8-15/h3-5,7-8,10-11,13,16H,2,6,9,12,14H2,1H3,(H,22,23)/t16-/m0/s1. The second-order valence-electron chi connectivity index (χ2n) is 6.70. The number of aromatic amines is 1. The van der Waals surface area contributed by atoms with E-state index in [1.165, 1.54) is 0 Å². The molecule has 0 saturated carbocycles. The summed E-state index contributed by atoms with van der Waals surface area (Å²) in [5, 5.41) is 11.9. The van der Waals surface area contributed by atoms with Crippen molar-refractivity contribution in [3.63, 3.8) is 0 Å². The SMILES string of the molecule is CCn1nccc1C(=O)N1CCC[C@H](c2cc(-c3ccccc3)n[nH]2)C1. The monoisotopic (exact) mass is 349 g/mol. The number of piperidine rings is 1. The molecule has 0 unspecified atom stereocenters. The Morgan fingerprint density at radius 2 is 2.12 bits per heavy atom. The molecule has 1 saturated heterocycles. The highest BCUT2D eigenvalue weighted by atomic mass is 16.2. The molecule has 3 aromatic rings. The number of carbonyl (C=O) groups excluding carboxylic acids is 1. The third-order valence-corrected chi connectivity index (χ3v) is 5.05. The van der Waals surface area contributed by atoms with Crippen LogP contribution in [0.1, 0.15) is 41.9 Å². The van der Waals surface area contributed by atoms with E-state index in [2.05, 4.69) is 33.5 Å². The summed E-state index contributed by atoms with van der Waals surface area (Å²) in [5.41, 5.74) is 3.83. The first-order valence-corrected chi connectivity index (χ1v) is 9.18. The number of hydrogen-bond donors (Lipinski definition) is 1. The lowest BCUT2D eigenvalue weighted by Gasteiger charge is -2.32. The highest BCUT2D eigenvalue weighted by molar-refractivity contribution is 5.92. The minimum absolute atomic E-state index is 0.0665. The molecule has 1 aromatic carbocycles. The van der Waals surface area contributed by atoms with Crippen molar-refractivity contribution in [2.75, 3.05) is 13.1 Å². The van der Waals surface area contributed by atoms with E-state index in [1.54, 1.807) is 16.9 Å². The number of aromatic nitrogens is 4. The Kier molecular flexibility index (Phi) is 4.56. The number of likely N-dealkylation sites (tertiary alicyclic amines) is 1. The number of nitrogens with zero attached hydrogens (tertiary/aromatic N) is 4. The number of H-pyrrole nitrogens is 1. The van der Waals surface area contributed by atoms with Crippen LogP contribution < -0.4 is 0 Å². The lowest BCUT2D eigenvalue weighted by atomic mass is 9.94. The Morgan fingerprint density at radius 3 is 2.92 bits per heavy atom. The van der Waals surface area contributed by atoms with E-state index in [-0.39, 0.29) is 11.8 Å². The third kappa shape index (κ3) is 3.14. The molecule has 134 valence electrons. The molecule has 3 heterocycles. The number of carbonyl (C=O) groups is 1. The quantitative estimate of drug-likeness (QED) is 0.786. The summed E-state index contributed by atoms with van der Waals surface area (Å²) in [6.07, 6.45) is 3.75. The third-order valence-electron chi connectivity index (χ3n) is 5.05. The fraction of sp³-hybridized carbons (Fsp3) is 0.350. The Bertz CT molecular complexity index is 883. The zero-order chi connectivity index (χ0) is 17.9. The molecule has 0 radical (unpaired) electrons. The van der Waals surface area contributed by atoms with E-state index in [4.69, 9.17) is 0 Å². The van der Waals surface area contributed by atoms with Crippen LogP contribution in [0.5, 0.6) is 0 Å². The molecule has 1 aliphatic heterocycles. The van der Waals surface area contributed by atoms with Gasteiger partial charge < -0.3 is 4.90 Å². The van der Waals surface area contributed by atoms with Gasteiger partial charge in [-0.1, -0.05) is 30.3 Å². The number of benzene rings is 1. The zero-order valence-electron chi connectivity index (χ0n) is 14.9. The van der Waals surface area contributed by atoms with Crippen molar-refractivity contribution in [2.24, 2.45) is 0 Å². The number of hydrogen-bond acceptors (Lipinski definition) is 3. The molecule has 1 atom stereocenters. The van der Waals surface area contributed by atoms with E-state index in [9.17, 15) is 4.79 Å². The van der Waals surface area contributed by atoms with Crippen molar-refractivity contribution in [2.45, 2.75) is 32.2 Å². The topological polar surface area (TPSA) is 66.8 Å². The molecule has 4 rings (SSSR count). The average molecular weight is 349 g/mol. The van der Waals surface area contributed by atoms with Gasteiger partial charge in [0.15, 0.2) is 0 Å².